The van der Waals surface area contributed by atoms with Crippen LogP contribution in [-0.2, 0) is 14.3 Å². The number of hydrogen-bond donors (Lipinski definition) is 0. The quantitative estimate of drug-likeness (QED) is 0.560. The zero-order chi connectivity index (χ0) is 12.0. The molecule has 17 heavy (non-hydrogen) atoms. The van der Waals surface area contributed by atoms with Gasteiger partial charge in [-0.25, -0.2) is 0 Å². The first-order valence-electron chi connectivity index (χ1n) is 6.81. The summed E-state index contributed by atoms with van der Waals surface area (Å²) in [6, 6.07) is 0. The molecule has 3 heteroatoms. The molecule has 0 heterocycles. The van der Waals surface area contributed by atoms with Crippen molar-refractivity contribution < 1.29 is 14.3 Å². The van der Waals surface area contributed by atoms with E-state index in [2.05, 4.69) is 0 Å². The summed E-state index contributed by atoms with van der Waals surface area (Å²) in [5, 5.41) is 0. The Balaban J connectivity index is 1.82. The maximum Gasteiger partial charge on any atom is 0.304 e. The van der Waals surface area contributed by atoms with Crippen molar-refractivity contribution in [3.63, 3.8) is 0 Å². The van der Waals surface area contributed by atoms with Gasteiger partial charge in [-0.05, 0) is 56.3 Å². The SMILES string of the molecule is COC(OC(C)=O)C12CC3CC(CC(C3)C1)C2. The van der Waals surface area contributed by atoms with Gasteiger partial charge in [-0.2, -0.15) is 0 Å². The molecule has 4 rings (SSSR count). The Labute approximate surface area is 103 Å². The average molecular weight is 238 g/mol. The van der Waals surface area contributed by atoms with E-state index in [4.69, 9.17) is 9.47 Å². The minimum atomic E-state index is -0.312. The number of carbonyl (C=O) groups is 1. The minimum absolute atomic E-state index is 0.134. The summed E-state index contributed by atoms with van der Waals surface area (Å²) in [5.41, 5.74) is 0.134. The average Bonchev–Trinajstić information content (AvgIpc) is 2.23. The normalized spacial score (nSPS) is 44.7. The number of ether oxygens (including phenoxy) is 2. The third-order valence-corrected chi connectivity index (χ3v) is 5.07. The molecule has 1 unspecified atom stereocenters. The molecule has 0 aromatic heterocycles. The molecular formula is C14H22O3. The number of hydrogen-bond acceptors (Lipinski definition) is 3. The first-order valence-corrected chi connectivity index (χ1v) is 6.81. The van der Waals surface area contributed by atoms with Gasteiger partial charge >= 0.3 is 5.97 Å². The van der Waals surface area contributed by atoms with Crippen LogP contribution in [0.15, 0.2) is 0 Å². The first-order chi connectivity index (χ1) is 8.11. The van der Waals surface area contributed by atoms with Crippen molar-refractivity contribution in [2.24, 2.45) is 23.2 Å². The Morgan fingerprint density at radius 3 is 1.94 bits per heavy atom. The second-order valence-corrected chi connectivity index (χ2v) is 6.46. The molecular weight excluding hydrogens is 216 g/mol. The lowest BCUT2D eigenvalue weighted by Gasteiger charge is -2.58. The van der Waals surface area contributed by atoms with Crippen molar-refractivity contribution in [3.8, 4) is 0 Å². The highest BCUT2D eigenvalue weighted by Gasteiger charge is 2.55. The highest BCUT2D eigenvalue weighted by Crippen LogP contribution is 2.61. The summed E-state index contributed by atoms with van der Waals surface area (Å²) in [5.74, 6) is 2.35. The first kappa shape index (κ1) is 11.5. The summed E-state index contributed by atoms with van der Waals surface area (Å²) in [4.78, 5) is 11.2. The second kappa shape index (κ2) is 3.98. The van der Waals surface area contributed by atoms with Crippen molar-refractivity contribution in [1.29, 1.82) is 0 Å². The predicted octanol–water partition coefficient (Wildman–Crippen LogP) is 2.74. The maximum absolute atomic E-state index is 11.2. The van der Waals surface area contributed by atoms with Crippen LogP contribution in [0.2, 0.25) is 0 Å². The van der Waals surface area contributed by atoms with Crippen molar-refractivity contribution >= 4 is 5.97 Å². The minimum Gasteiger partial charge on any atom is -0.435 e. The van der Waals surface area contributed by atoms with Crippen LogP contribution in [0.4, 0.5) is 0 Å². The summed E-state index contributed by atoms with van der Waals surface area (Å²) >= 11 is 0. The van der Waals surface area contributed by atoms with Gasteiger partial charge < -0.3 is 9.47 Å². The molecule has 0 saturated heterocycles. The van der Waals surface area contributed by atoms with Crippen LogP contribution in [0.5, 0.6) is 0 Å². The van der Waals surface area contributed by atoms with Gasteiger partial charge in [-0.3, -0.25) is 4.79 Å². The standard InChI is InChI=1S/C14H22O3/c1-9(15)17-13(16-2)14-6-10-3-11(7-14)5-12(4-10)8-14/h10-13H,3-8H2,1-2H3. The Hall–Kier alpha value is -0.570. The maximum atomic E-state index is 11.2. The second-order valence-electron chi connectivity index (χ2n) is 6.46. The molecule has 4 aliphatic carbocycles. The summed E-state index contributed by atoms with van der Waals surface area (Å²) in [6.07, 6.45) is 7.48. The van der Waals surface area contributed by atoms with Crippen LogP contribution in [0.3, 0.4) is 0 Å². The van der Waals surface area contributed by atoms with Gasteiger partial charge in [0, 0.05) is 19.4 Å². The fraction of sp³-hybridized carbons (Fsp3) is 0.929. The summed E-state index contributed by atoms with van der Waals surface area (Å²) < 4.78 is 10.9. The molecule has 4 fully saturated rings. The Morgan fingerprint density at radius 1 is 1.12 bits per heavy atom. The van der Waals surface area contributed by atoms with Crippen LogP contribution in [0, 0.1) is 23.2 Å². The van der Waals surface area contributed by atoms with Crippen molar-refractivity contribution in [2.45, 2.75) is 51.7 Å². The Bertz CT molecular complexity index is 288. The highest BCUT2D eigenvalue weighted by molar-refractivity contribution is 5.66. The summed E-state index contributed by atoms with van der Waals surface area (Å²) in [7, 11) is 1.67. The van der Waals surface area contributed by atoms with E-state index in [1.165, 1.54) is 45.4 Å². The zero-order valence-electron chi connectivity index (χ0n) is 10.8. The zero-order valence-corrected chi connectivity index (χ0v) is 10.8. The molecule has 4 aliphatic rings. The van der Waals surface area contributed by atoms with Crippen LogP contribution in [0.1, 0.15) is 45.4 Å². The van der Waals surface area contributed by atoms with E-state index in [9.17, 15) is 4.79 Å². The van der Waals surface area contributed by atoms with Gasteiger partial charge in [0.2, 0.25) is 6.29 Å². The molecule has 3 nitrogen and oxygen atoms in total. The molecule has 4 bridgehead atoms. The lowest BCUT2D eigenvalue weighted by atomic mass is 9.49. The van der Waals surface area contributed by atoms with Gasteiger partial charge in [0.05, 0.1) is 0 Å². The lowest BCUT2D eigenvalue weighted by molar-refractivity contribution is -0.235. The number of carbonyl (C=O) groups excluding carboxylic acids is 1. The van der Waals surface area contributed by atoms with E-state index in [0.29, 0.717) is 0 Å². The van der Waals surface area contributed by atoms with Gasteiger partial charge in [-0.15, -0.1) is 0 Å². The fourth-order valence-corrected chi connectivity index (χ4v) is 5.04. The molecule has 0 radical (unpaired) electrons. The number of methoxy groups -OCH3 is 1. The predicted molar refractivity (Wildman–Crippen MR) is 63.2 cm³/mol. The van der Waals surface area contributed by atoms with E-state index >= 15 is 0 Å². The molecule has 0 aromatic rings. The highest BCUT2D eigenvalue weighted by atomic mass is 16.7. The van der Waals surface area contributed by atoms with E-state index < -0.39 is 0 Å². The number of rotatable bonds is 3. The molecule has 4 saturated carbocycles. The van der Waals surface area contributed by atoms with E-state index in [1.807, 2.05) is 0 Å². The molecule has 0 N–H and O–H groups in total. The van der Waals surface area contributed by atoms with E-state index in [0.717, 1.165) is 17.8 Å². The summed E-state index contributed by atoms with van der Waals surface area (Å²) in [6.45, 7) is 1.48. The van der Waals surface area contributed by atoms with Crippen molar-refractivity contribution in [1.82, 2.24) is 0 Å². The van der Waals surface area contributed by atoms with Gasteiger partial charge in [-0.1, -0.05) is 0 Å². The molecule has 96 valence electrons. The molecule has 0 aromatic carbocycles. The molecule has 0 spiro atoms. The smallest absolute Gasteiger partial charge is 0.304 e. The van der Waals surface area contributed by atoms with E-state index in [-0.39, 0.29) is 17.7 Å². The third kappa shape index (κ3) is 1.88. The molecule has 0 amide bonds. The van der Waals surface area contributed by atoms with Crippen LogP contribution < -0.4 is 0 Å². The van der Waals surface area contributed by atoms with E-state index in [1.54, 1.807) is 7.11 Å². The Kier molecular flexibility index (Phi) is 2.69. The number of esters is 1. The van der Waals surface area contributed by atoms with Crippen LogP contribution in [0.25, 0.3) is 0 Å². The van der Waals surface area contributed by atoms with Crippen LogP contribution in [-0.4, -0.2) is 19.4 Å². The monoisotopic (exact) mass is 238 g/mol. The third-order valence-electron chi connectivity index (χ3n) is 5.07. The largest absolute Gasteiger partial charge is 0.435 e. The molecule has 0 aliphatic heterocycles. The van der Waals surface area contributed by atoms with Gasteiger partial charge in [0.15, 0.2) is 0 Å². The topological polar surface area (TPSA) is 35.5 Å². The lowest BCUT2D eigenvalue weighted by Crippen LogP contribution is -2.53. The fourth-order valence-electron chi connectivity index (χ4n) is 5.04. The van der Waals surface area contributed by atoms with Crippen molar-refractivity contribution in [3.05, 3.63) is 0 Å². The van der Waals surface area contributed by atoms with Crippen LogP contribution >= 0.6 is 0 Å². The van der Waals surface area contributed by atoms with Gasteiger partial charge in [0.25, 0.3) is 0 Å². The molecule has 1 atom stereocenters. The Morgan fingerprint density at radius 2 is 1.59 bits per heavy atom. The van der Waals surface area contributed by atoms with Crippen molar-refractivity contribution in [2.75, 3.05) is 7.11 Å². The van der Waals surface area contributed by atoms with Gasteiger partial charge in [0.1, 0.15) is 0 Å².